The van der Waals surface area contributed by atoms with Crippen LogP contribution in [0, 0.1) is 0 Å². The Bertz CT molecular complexity index is 238. The molecule has 72 valence electrons. The lowest BCUT2D eigenvalue weighted by molar-refractivity contribution is -0.153. The topological polar surface area (TPSA) is 74.7 Å². The van der Waals surface area contributed by atoms with Gasteiger partial charge in [0.05, 0.1) is 0 Å². The van der Waals surface area contributed by atoms with E-state index >= 15 is 0 Å². The van der Waals surface area contributed by atoms with Crippen LogP contribution in [0.15, 0.2) is 0 Å². The molecule has 0 radical (unpaired) electrons. The molecule has 1 fully saturated rings. The van der Waals surface area contributed by atoms with Crippen molar-refractivity contribution in [2.45, 2.75) is 25.3 Å². The maximum absolute atomic E-state index is 11.0. The van der Waals surface area contributed by atoms with E-state index in [1.807, 2.05) is 0 Å². The summed E-state index contributed by atoms with van der Waals surface area (Å²) in [5.74, 6) is -1.76. The number of likely N-dealkylation sites (tertiary alicyclic amines) is 1. The van der Waals surface area contributed by atoms with Gasteiger partial charge in [-0.05, 0) is 19.3 Å². The highest BCUT2D eigenvalue weighted by Gasteiger charge is 2.31. The summed E-state index contributed by atoms with van der Waals surface area (Å²) in [4.78, 5) is 33.0. The molecule has 0 aromatic carbocycles. The quantitative estimate of drug-likeness (QED) is 0.471. The number of amides is 1. The number of aliphatic carboxylic acids is 1. The number of hydrogen-bond donors (Lipinski definition) is 1. The van der Waals surface area contributed by atoms with Crippen molar-refractivity contribution >= 4 is 18.2 Å². The molecule has 0 aromatic rings. The monoisotopic (exact) mass is 185 g/mol. The highest BCUT2D eigenvalue weighted by molar-refractivity contribution is 6.24. The molecule has 13 heavy (non-hydrogen) atoms. The van der Waals surface area contributed by atoms with Gasteiger partial charge in [0, 0.05) is 6.54 Å². The second-order valence-corrected chi connectivity index (χ2v) is 3.00. The number of aldehydes is 1. The largest absolute Gasteiger partial charge is 0.480 e. The molecule has 0 saturated carbocycles. The third-order valence-electron chi connectivity index (χ3n) is 2.17. The van der Waals surface area contributed by atoms with Gasteiger partial charge in [-0.25, -0.2) is 4.79 Å². The third kappa shape index (κ3) is 2.05. The van der Waals surface area contributed by atoms with Gasteiger partial charge < -0.3 is 10.0 Å². The van der Waals surface area contributed by atoms with Gasteiger partial charge in [-0.2, -0.15) is 0 Å². The van der Waals surface area contributed by atoms with Crippen molar-refractivity contribution in [3.63, 3.8) is 0 Å². The van der Waals surface area contributed by atoms with Crippen LogP contribution in [0.25, 0.3) is 0 Å². The van der Waals surface area contributed by atoms with Crippen molar-refractivity contribution in [1.82, 2.24) is 4.90 Å². The SMILES string of the molecule is O=CC(=O)N1CCCCC1C(=O)O. The first-order valence-electron chi connectivity index (χ1n) is 4.15. The van der Waals surface area contributed by atoms with Crippen LogP contribution >= 0.6 is 0 Å². The Morgan fingerprint density at radius 2 is 2.08 bits per heavy atom. The summed E-state index contributed by atoms with van der Waals surface area (Å²) in [7, 11) is 0. The maximum atomic E-state index is 11.0. The molecule has 1 saturated heterocycles. The number of piperidine rings is 1. The van der Waals surface area contributed by atoms with Crippen LogP contribution in [-0.4, -0.2) is 40.8 Å². The van der Waals surface area contributed by atoms with Crippen LogP contribution in [0.3, 0.4) is 0 Å². The molecule has 0 aliphatic carbocycles. The van der Waals surface area contributed by atoms with Gasteiger partial charge in [-0.15, -0.1) is 0 Å². The van der Waals surface area contributed by atoms with Crippen molar-refractivity contribution in [2.24, 2.45) is 0 Å². The predicted molar refractivity (Wildman–Crippen MR) is 43.1 cm³/mol. The zero-order valence-corrected chi connectivity index (χ0v) is 7.10. The standard InChI is InChI=1S/C8H11NO4/c10-5-7(11)9-4-2-1-3-6(9)8(12)13/h5-6H,1-4H2,(H,12,13). The summed E-state index contributed by atoms with van der Waals surface area (Å²) in [5, 5.41) is 8.74. The lowest BCUT2D eigenvalue weighted by Crippen LogP contribution is -2.48. The average Bonchev–Trinajstić information content (AvgIpc) is 2.16. The zero-order valence-electron chi connectivity index (χ0n) is 7.10. The van der Waals surface area contributed by atoms with E-state index in [9.17, 15) is 14.4 Å². The van der Waals surface area contributed by atoms with Crippen LogP contribution in [-0.2, 0) is 14.4 Å². The summed E-state index contributed by atoms with van der Waals surface area (Å²) in [6, 6.07) is -0.813. The lowest BCUT2D eigenvalue weighted by Gasteiger charge is -2.31. The van der Waals surface area contributed by atoms with Crippen LogP contribution in [0.1, 0.15) is 19.3 Å². The van der Waals surface area contributed by atoms with E-state index in [1.165, 1.54) is 0 Å². The van der Waals surface area contributed by atoms with Crippen LogP contribution in [0.5, 0.6) is 0 Å². The first-order valence-corrected chi connectivity index (χ1v) is 4.15. The Hall–Kier alpha value is -1.39. The summed E-state index contributed by atoms with van der Waals surface area (Å²) in [5.41, 5.74) is 0. The summed E-state index contributed by atoms with van der Waals surface area (Å²) >= 11 is 0. The van der Waals surface area contributed by atoms with Crippen molar-refractivity contribution in [3.8, 4) is 0 Å². The van der Waals surface area contributed by atoms with Gasteiger partial charge in [0.25, 0.3) is 5.91 Å². The molecule has 1 heterocycles. The average molecular weight is 185 g/mol. The number of rotatable bonds is 2. The highest BCUT2D eigenvalue weighted by atomic mass is 16.4. The lowest BCUT2D eigenvalue weighted by atomic mass is 10.0. The van der Waals surface area contributed by atoms with E-state index in [0.29, 0.717) is 13.0 Å². The van der Waals surface area contributed by atoms with Gasteiger partial charge in [0.1, 0.15) is 6.04 Å². The minimum atomic E-state index is -1.03. The minimum absolute atomic E-state index is 0.168. The van der Waals surface area contributed by atoms with E-state index in [-0.39, 0.29) is 6.29 Å². The van der Waals surface area contributed by atoms with Crippen LogP contribution in [0.4, 0.5) is 0 Å². The number of nitrogens with zero attached hydrogens (tertiary/aromatic N) is 1. The normalized spacial score (nSPS) is 22.5. The number of carbonyl (C=O) groups is 3. The third-order valence-corrected chi connectivity index (χ3v) is 2.17. The molecular weight excluding hydrogens is 174 g/mol. The second-order valence-electron chi connectivity index (χ2n) is 3.00. The Morgan fingerprint density at radius 3 is 2.62 bits per heavy atom. The molecule has 1 N–H and O–H groups in total. The molecule has 1 rings (SSSR count). The van der Waals surface area contributed by atoms with Crippen molar-refractivity contribution in [1.29, 1.82) is 0 Å². The van der Waals surface area contributed by atoms with E-state index in [0.717, 1.165) is 17.7 Å². The molecule has 1 aliphatic rings. The highest BCUT2D eigenvalue weighted by Crippen LogP contribution is 2.16. The molecule has 5 heteroatoms. The number of hydrogen-bond acceptors (Lipinski definition) is 3. The Balaban J connectivity index is 2.72. The van der Waals surface area contributed by atoms with Gasteiger partial charge in [0.2, 0.25) is 6.29 Å². The molecule has 5 nitrogen and oxygen atoms in total. The van der Waals surface area contributed by atoms with E-state index in [1.54, 1.807) is 0 Å². The van der Waals surface area contributed by atoms with Gasteiger partial charge >= 0.3 is 5.97 Å². The Kier molecular flexibility index (Phi) is 3.00. The van der Waals surface area contributed by atoms with Gasteiger partial charge in [0.15, 0.2) is 0 Å². The zero-order chi connectivity index (χ0) is 9.84. The van der Waals surface area contributed by atoms with Crippen LogP contribution < -0.4 is 0 Å². The molecule has 1 aliphatic heterocycles. The van der Waals surface area contributed by atoms with Crippen LogP contribution in [0.2, 0.25) is 0 Å². The van der Waals surface area contributed by atoms with E-state index < -0.39 is 17.9 Å². The predicted octanol–water partition coefficient (Wildman–Crippen LogP) is -0.349. The molecule has 1 amide bonds. The summed E-state index contributed by atoms with van der Waals surface area (Å²) in [6.45, 7) is 0.370. The summed E-state index contributed by atoms with van der Waals surface area (Å²) < 4.78 is 0. The maximum Gasteiger partial charge on any atom is 0.326 e. The second kappa shape index (κ2) is 4.02. The number of carboxylic acids is 1. The molecule has 0 bridgehead atoms. The fraction of sp³-hybridized carbons (Fsp3) is 0.625. The first kappa shape index (κ1) is 9.70. The van der Waals surface area contributed by atoms with E-state index in [4.69, 9.17) is 5.11 Å². The van der Waals surface area contributed by atoms with Crippen molar-refractivity contribution in [2.75, 3.05) is 6.54 Å². The van der Waals surface area contributed by atoms with Crippen molar-refractivity contribution in [3.05, 3.63) is 0 Å². The molecule has 0 aromatic heterocycles. The molecular formula is C8H11NO4. The van der Waals surface area contributed by atoms with Gasteiger partial charge in [-0.3, -0.25) is 9.59 Å². The van der Waals surface area contributed by atoms with E-state index in [2.05, 4.69) is 0 Å². The fourth-order valence-electron chi connectivity index (χ4n) is 1.52. The van der Waals surface area contributed by atoms with Crippen molar-refractivity contribution < 1.29 is 19.5 Å². The first-order chi connectivity index (χ1) is 6.16. The molecule has 0 spiro atoms. The molecule has 1 unspecified atom stereocenters. The smallest absolute Gasteiger partial charge is 0.326 e. The Labute approximate surface area is 75.3 Å². The molecule has 1 atom stereocenters. The van der Waals surface area contributed by atoms with Gasteiger partial charge in [-0.1, -0.05) is 0 Å². The number of carbonyl (C=O) groups excluding carboxylic acids is 2. The summed E-state index contributed by atoms with van der Waals surface area (Å²) in [6.07, 6.45) is 2.17. The fourth-order valence-corrected chi connectivity index (χ4v) is 1.52. The minimum Gasteiger partial charge on any atom is -0.480 e. The number of carboxylic acid groups (broad SMARTS) is 1. The Morgan fingerprint density at radius 1 is 1.38 bits per heavy atom.